The molecule has 2 heterocycles. The van der Waals surface area contributed by atoms with Gasteiger partial charge in [0.1, 0.15) is 17.4 Å². The topological polar surface area (TPSA) is 96.8 Å². The van der Waals surface area contributed by atoms with E-state index in [1.165, 1.54) is 17.1 Å². The van der Waals surface area contributed by atoms with E-state index in [2.05, 4.69) is 31.0 Å². The zero-order valence-corrected chi connectivity index (χ0v) is 16.8. The van der Waals surface area contributed by atoms with Crippen LogP contribution in [0, 0.1) is 17.5 Å². The summed E-state index contributed by atoms with van der Waals surface area (Å²) in [5.41, 5.74) is 0.0460. The zero-order valence-electron chi connectivity index (χ0n) is 16.0. The standard InChI is InChI=1S/C19H17ClF3N7O/c20-13-7-25-19(28-11-5-26-30(8-11)9-16(31)27-10-1-2-10)29-18(13)24-6-12-14(21)3-4-15(22)17(12)23/h3-5,7-8,10H,1-2,6,9H2,(H,27,31)(H2,24,25,28,29). The largest absolute Gasteiger partial charge is 0.364 e. The second kappa shape index (κ2) is 8.80. The van der Waals surface area contributed by atoms with Crippen molar-refractivity contribution in [3.05, 3.63) is 58.8 Å². The third-order valence-corrected chi connectivity index (χ3v) is 4.73. The molecule has 12 heteroatoms. The first-order valence-electron chi connectivity index (χ1n) is 9.36. The van der Waals surface area contributed by atoms with Crippen LogP contribution in [0.4, 0.5) is 30.6 Å². The lowest BCUT2D eigenvalue weighted by Gasteiger charge is -2.11. The predicted molar refractivity (Wildman–Crippen MR) is 107 cm³/mol. The van der Waals surface area contributed by atoms with Crippen LogP contribution in [0.3, 0.4) is 0 Å². The molecule has 0 saturated heterocycles. The third kappa shape index (κ3) is 5.23. The molecule has 1 fully saturated rings. The summed E-state index contributed by atoms with van der Waals surface area (Å²) in [5, 5.41) is 12.7. The van der Waals surface area contributed by atoms with Gasteiger partial charge in [-0.15, -0.1) is 0 Å². The molecule has 0 spiro atoms. The minimum absolute atomic E-state index is 0.0806. The van der Waals surface area contributed by atoms with Crippen LogP contribution in [-0.4, -0.2) is 31.7 Å². The van der Waals surface area contributed by atoms with E-state index in [1.54, 1.807) is 6.20 Å². The van der Waals surface area contributed by atoms with Crippen molar-refractivity contribution < 1.29 is 18.0 Å². The Bertz CT molecular complexity index is 1120. The molecular weight excluding hydrogens is 435 g/mol. The first kappa shape index (κ1) is 20.9. The Kier molecular flexibility index (Phi) is 5.94. The lowest BCUT2D eigenvalue weighted by Crippen LogP contribution is -2.29. The monoisotopic (exact) mass is 451 g/mol. The number of anilines is 3. The number of hydrogen-bond donors (Lipinski definition) is 3. The van der Waals surface area contributed by atoms with Crippen molar-refractivity contribution in [3.63, 3.8) is 0 Å². The van der Waals surface area contributed by atoms with Crippen molar-refractivity contribution in [2.45, 2.75) is 32.0 Å². The summed E-state index contributed by atoms with van der Waals surface area (Å²) in [6.07, 6.45) is 6.40. The van der Waals surface area contributed by atoms with Gasteiger partial charge in [0.25, 0.3) is 0 Å². The van der Waals surface area contributed by atoms with E-state index in [4.69, 9.17) is 11.6 Å². The van der Waals surface area contributed by atoms with Crippen LogP contribution in [0.5, 0.6) is 0 Å². The average Bonchev–Trinajstić information content (AvgIpc) is 3.44. The van der Waals surface area contributed by atoms with Crippen LogP contribution >= 0.6 is 11.6 Å². The van der Waals surface area contributed by atoms with Gasteiger partial charge in [-0.3, -0.25) is 9.48 Å². The van der Waals surface area contributed by atoms with Gasteiger partial charge in [0, 0.05) is 24.3 Å². The maximum Gasteiger partial charge on any atom is 0.241 e. The van der Waals surface area contributed by atoms with Gasteiger partial charge >= 0.3 is 0 Å². The van der Waals surface area contributed by atoms with Crippen LogP contribution in [0.1, 0.15) is 18.4 Å². The zero-order chi connectivity index (χ0) is 22.0. The number of rotatable bonds is 8. The molecule has 1 aliphatic carbocycles. The van der Waals surface area contributed by atoms with Crippen LogP contribution in [0.15, 0.2) is 30.7 Å². The number of carbonyl (C=O) groups excluding carboxylic acids is 1. The molecule has 1 amide bonds. The van der Waals surface area contributed by atoms with Gasteiger partial charge in [-0.05, 0) is 25.0 Å². The van der Waals surface area contributed by atoms with Crippen LogP contribution in [0.2, 0.25) is 5.02 Å². The molecule has 162 valence electrons. The summed E-state index contributed by atoms with van der Waals surface area (Å²) in [7, 11) is 0. The fourth-order valence-corrected chi connectivity index (χ4v) is 2.90. The van der Waals surface area contributed by atoms with Crippen LogP contribution in [0.25, 0.3) is 0 Å². The van der Waals surface area contributed by atoms with E-state index in [-0.39, 0.29) is 41.8 Å². The van der Waals surface area contributed by atoms with E-state index in [1.807, 2.05) is 0 Å². The molecule has 0 aliphatic heterocycles. The maximum atomic E-state index is 13.8. The quantitative estimate of drug-likeness (QED) is 0.454. The summed E-state index contributed by atoms with van der Waals surface area (Å²) in [4.78, 5) is 20.1. The molecule has 0 atom stereocenters. The number of aromatic nitrogens is 4. The Morgan fingerprint density at radius 3 is 2.74 bits per heavy atom. The van der Waals surface area contributed by atoms with Crippen molar-refractivity contribution >= 4 is 35.0 Å². The average molecular weight is 452 g/mol. The summed E-state index contributed by atoms with van der Waals surface area (Å²) < 4.78 is 42.4. The predicted octanol–water partition coefficient (Wildman–Crippen LogP) is 3.38. The summed E-state index contributed by atoms with van der Waals surface area (Å²) in [6, 6.07) is 1.82. The summed E-state index contributed by atoms with van der Waals surface area (Å²) >= 11 is 6.05. The second-order valence-corrected chi connectivity index (χ2v) is 7.37. The van der Waals surface area contributed by atoms with Gasteiger partial charge in [-0.1, -0.05) is 11.6 Å². The van der Waals surface area contributed by atoms with E-state index in [0.29, 0.717) is 11.8 Å². The fraction of sp³-hybridized carbons (Fsp3) is 0.263. The van der Waals surface area contributed by atoms with Crippen molar-refractivity contribution in [1.29, 1.82) is 0 Å². The minimum atomic E-state index is -1.28. The van der Waals surface area contributed by atoms with Gasteiger partial charge in [0.15, 0.2) is 17.5 Å². The number of nitrogens with zero attached hydrogens (tertiary/aromatic N) is 4. The molecule has 8 nitrogen and oxygen atoms in total. The van der Waals surface area contributed by atoms with E-state index < -0.39 is 23.0 Å². The fourth-order valence-electron chi connectivity index (χ4n) is 2.75. The van der Waals surface area contributed by atoms with Crippen molar-refractivity contribution in [1.82, 2.24) is 25.1 Å². The highest BCUT2D eigenvalue weighted by Gasteiger charge is 2.23. The van der Waals surface area contributed by atoms with E-state index in [0.717, 1.165) is 18.9 Å². The Balaban J connectivity index is 1.41. The van der Waals surface area contributed by atoms with Crippen LogP contribution in [-0.2, 0) is 17.9 Å². The van der Waals surface area contributed by atoms with Crippen molar-refractivity contribution in [2.24, 2.45) is 0 Å². The maximum absolute atomic E-state index is 13.8. The molecule has 4 rings (SSSR count). The molecule has 0 bridgehead atoms. The first-order valence-corrected chi connectivity index (χ1v) is 9.74. The van der Waals surface area contributed by atoms with Gasteiger partial charge < -0.3 is 16.0 Å². The van der Waals surface area contributed by atoms with Gasteiger partial charge in [0.05, 0.1) is 18.1 Å². The number of halogens is 4. The van der Waals surface area contributed by atoms with Gasteiger partial charge in [-0.25, -0.2) is 18.2 Å². The van der Waals surface area contributed by atoms with E-state index >= 15 is 0 Å². The molecule has 1 saturated carbocycles. The summed E-state index contributed by atoms with van der Waals surface area (Å²) in [6.45, 7) is -0.295. The van der Waals surface area contributed by atoms with Crippen LogP contribution < -0.4 is 16.0 Å². The highest BCUT2D eigenvalue weighted by molar-refractivity contribution is 6.32. The Hall–Kier alpha value is -3.34. The summed E-state index contributed by atoms with van der Waals surface area (Å²) in [5.74, 6) is -3.23. The molecule has 0 unspecified atom stereocenters. The minimum Gasteiger partial charge on any atom is -0.364 e. The SMILES string of the molecule is O=C(Cn1cc(Nc2ncc(Cl)c(NCc3c(F)ccc(F)c3F)n2)cn1)NC1CC1. The van der Waals surface area contributed by atoms with Crippen molar-refractivity contribution in [3.8, 4) is 0 Å². The number of benzene rings is 1. The molecular formula is C19H17ClF3N7O. The number of hydrogen-bond acceptors (Lipinski definition) is 6. The number of carbonyl (C=O) groups is 1. The second-order valence-electron chi connectivity index (χ2n) is 6.96. The van der Waals surface area contributed by atoms with Gasteiger partial charge in [-0.2, -0.15) is 10.1 Å². The molecule has 1 aromatic carbocycles. The Morgan fingerprint density at radius 1 is 1.19 bits per heavy atom. The lowest BCUT2D eigenvalue weighted by molar-refractivity contribution is -0.122. The third-order valence-electron chi connectivity index (χ3n) is 4.45. The smallest absolute Gasteiger partial charge is 0.241 e. The highest BCUT2D eigenvalue weighted by atomic mass is 35.5. The Labute approximate surface area is 179 Å². The molecule has 2 aromatic heterocycles. The Morgan fingerprint density at radius 2 is 1.97 bits per heavy atom. The first-order chi connectivity index (χ1) is 14.9. The molecule has 3 aromatic rings. The van der Waals surface area contributed by atoms with Gasteiger partial charge in [0.2, 0.25) is 11.9 Å². The highest BCUT2D eigenvalue weighted by Crippen LogP contribution is 2.23. The normalized spacial score (nSPS) is 13.2. The number of nitrogens with one attached hydrogen (secondary N) is 3. The molecule has 3 N–H and O–H groups in total. The molecule has 31 heavy (non-hydrogen) atoms. The van der Waals surface area contributed by atoms with Crippen molar-refractivity contribution in [2.75, 3.05) is 10.6 Å². The molecule has 1 aliphatic rings. The van der Waals surface area contributed by atoms with E-state index in [9.17, 15) is 18.0 Å². The lowest BCUT2D eigenvalue weighted by atomic mass is 10.2. The molecule has 0 radical (unpaired) electrons. The number of amides is 1.